The molecule has 1 aliphatic rings. The Morgan fingerprint density at radius 1 is 1.12 bits per heavy atom. The summed E-state index contributed by atoms with van der Waals surface area (Å²) in [6.45, 7) is 5.66. The number of nitrogens with one attached hydrogen (secondary N) is 1. The molecule has 2 rings (SSSR count). The average molecular weight is 217 g/mol. The third-order valence-corrected chi connectivity index (χ3v) is 3.61. The maximum atomic E-state index is 3.68. The molecule has 0 aliphatic heterocycles. The van der Waals surface area contributed by atoms with E-state index in [1.165, 1.54) is 25.7 Å². The maximum Gasteiger partial charge on any atom is 0.0328 e. The summed E-state index contributed by atoms with van der Waals surface area (Å²) in [4.78, 5) is 0. The average Bonchev–Trinajstić information content (AvgIpc) is 2.66. The van der Waals surface area contributed by atoms with Crippen LogP contribution in [0.2, 0.25) is 0 Å². The fraction of sp³-hybridized carbons (Fsp3) is 0.600. The molecule has 0 bridgehead atoms. The lowest BCUT2D eigenvalue weighted by molar-refractivity contribution is 0.478. The molecule has 88 valence electrons. The summed E-state index contributed by atoms with van der Waals surface area (Å²) in [6.07, 6.45) is 5.14. The lowest BCUT2D eigenvalue weighted by atomic mass is 9.97. The van der Waals surface area contributed by atoms with Gasteiger partial charge in [-0.1, -0.05) is 44.5 Å². The van der Waals surface area contributed by atoms with E-state index in [2.05, 4.69) is 43.4 Å². The molecule has 16 heavy (non-hydrogen) atoms. The Bertz CT molecular complexity index is 332. The minimum atomic E-state index is 0.604. The van der Waals surface area contributed by atoms with Crippen molar-refractivity contribution < 1.29 is 0 Å². The van der Waals surface area contributed by atoms with Crippen molar-refractivity contribution in [3.05, 3.63) is 35.4 Å². The maximum absolute atomic E-state index is 3.68. The Labute approximate surface area is 99.3 Å². The Morgan fingerprint density at radius 3 is 2.56 bits per heavy atom. The van der Waals surface area contributed by atoms with Crippen LogP contribution in [-0.4, -0.2) is 6.54 Å². The third kappa shape index (κ3) is 2.30. The van der Waals surface area contributed by atoms with Crippen molar-refractivity contribution in [2.45, 2.75) is 51.5 Å². The summed E-state index contributed by atoms with van der Waals surface area (Å²) >= 11 is 0. The van der Waals surface area contributed by atoms with Gasteiger partial charge in [0.15, 0.2) is 0 Å². The summed E-state index contributed by atoms with van der Waals surface area (Å²) in [5.41, 5.74) is 3.15. The molecule has 0 fully saturated rings. The zero-order chi connectivity index (χ0) is 11.4. The first-order valence-corrected chi connectivity index (χ1v) is 6.69. The largest absolute Gasteiger partial charge is 0.310 e. The Hall–Kier alpha value is -0.820. The minimum Gasteiger partial charge on any atom is -0.310 e. The molecule has 2 unspecified atom stereocenters. The van der Waals surface area contributed by atoms with E-state index < -0.39 is 0 Å². The van der Waals surface area contributed by atoms with E-state index in [9.17, 15) is 0 Å². The molecular weight excluding hydrogens is 194 g/mol. The number of fused-ring (bicyclic) bond motifs is 1. The van der Waals surface area contributed by atoms with E-state index in [-0.39, 0.29) is 0 Å². The fourth-order valence-electron chi connectivity index (χ4n) is 2.87. The van der Waals surface area contributed by atoms with Crippen molar-refractivity contribution in [2.75, 3.05) is 6.54 Å². The van der Waals surface area contributed by atoms with E-state index in [4.69, 9.17) is 0 Å². The van der Waals surface area contributed by atoms with Crippen LogP contribution < -0.4 is 5.32 Å². The highest BCUT2D eigenvalue weighted by molar-refractivity contribution is 5.37. The fourth-order valence-corrected chi connectivity index (χ4v) is 2.87. The first kappa shape index (κ1) is 11.7. The second-order valence-corrected chi connectivity index (χ2v) is 4.86. The van der Waals surface area contributed by atoms with Crippen molar-refractivity contribution >= 4 is 0 Å². The molecule has 1 N–H and O–H groups in total. The lowest BCUT2D eigenvalue weighted by Crippen LogP contribution is -2.19. The van der Waals surface area contributed by atoms with E-state index >= 15 is 0 Å². The highest BCUT2D eigenvalue weighted by Gasteiger charge is 2.29. The van der Waals surface area contributed by atoms with Crippen LogP contribution in [0, 0.1) is 0 Å². The summed E-state index contributed by atoms with van der Waals surface area (Å²) in [7, 11) is 0. The van der Waals surface area contributed by atoms with E-state index in [1.807, 2.05) is 0 Å². The van der Waals surface area contributed by atoms with Crippen LogP contribution in [0.3, 0.4) is 0 Å². The molecule has 0 saturated carbocycles. The molecular formula is C15H23N. The molecule has 1 heteroatoms. The van der Waals surface area contributed by atoms with Gasteiger partial charge in [0, 0.05) is 6.04 Å². The standard InChI is InChI=1S/C15H23N/c1-3-7-12-11-15(16-10-4-2)14-9-6-5-8-13(12)14/h5-6,8-9,12,15-16H,3-4,7,10-11H2,1-2H3. The quantitative estimate of drug-likeness (QED) is 0.785. The molecule has 1 aromatic rings. The van der Waals surface area contributed by atoms with Gasteiger partial charge in [0.2, 0.25) is 0 Å². The topological polar surface area (TPSA) is 12.0 Å². The Morgan fingerprint density at radius 2 is 1.88 bits per heavy atom. The predicted molar refractivity (Wildman–Crippen MR) is 69.7 cm³/mol. The number of rotatable bonds is 5. The zero-order valence-electron chi connectivity index (χ0n) is 10.5. The highest BCUT2D eigenvalue weighted by Crippen LogP contribution is 2.42. The first-order valence-electron chi connectivity index (χ1n) is 6.69. The van der Waals surface area contributed by atoms with Gasteiger partial charge in [0.25, 0.3) is 0 Å². The molecule has 0 heterocycles. The summed E-state index contributed by atoms with van der Waals surface area (Å²) in [5, 5.41) is 3.68. The Balaban J connectivity index is 2.14. The van der Waals surface area contributed by atoms with Crippen LogP contribution in [0.4, 0.5) is 0 Å². The first-order chi connectivity index (χ1) is 7.86. The summed E-state index contributed by atoms with van der Waals surface area (Å²) in [6, 6.07) is 9.59. The summed E-state index contributed by atoms with van der Waals surface area (Å²) < 4.78 is 0. The SMILES string of the molecule is CCCNC1CC(CCC)c2ccccc21. The van der Waals surface area contributed by atoms with Gasteiger partial charge in [-0.3, -0.25) is 0 Å². The van der Waals surface area contributed by atoms with Crippen molar-refractivity contribution in [3.8, 4) is 0 Å². The van der Waals surface area contributed by atoms with Crippen molar-refractivity contribution in [2.24, 2.45) is 0 Å². The third-order valence-electron chi connectivity index (χ3n) is 3.61. The summed E-state index contributed by atoms with van der Waals surface area (Å²) in [5.74, 6) is 0.788. The van der Waals surface area contributed by atoms with Crippen LogP contribution in [0.5, 0.6) is 0 Å². The van der Waals surface area contributed by atoms with Gasteiger partial charge in [0.05, 0.1) is 0 Å². The van der Waals surface area contributed by atoms with Crippen LogP contribution in [0.25, 0.3) is 0 Å². The van der Waals surface area contributed by atoms with Crippen LogP contribution in [0.1, 0.15) is 62.6 Å². The molecule has 0 spiro atoms. The molecule has 0 aromatic heterocycles. The number of benzene rings is 1. The van der Waals surface area contributed by atoms with E-state index in [0.29, 0.717) is 6.04 Å². The van der Waals surface area contributed by atoms with Gasteiger partial charge in [-0.25, -0.2) is 0 Å². The lowest BCUT2D eigenvalue weighted by Gasteiger charge is -2.13. The van der Waals surface area contributed by atoms with E-state index in [0.717, 1.165) is 12.5 Å². The van der Waals surface area contributed by atoms with Gasteiger partial charge in [0.1, 0.15) is 0 Å². The Kier molecular flexibility index (Phi) is 4.00. The second-order valence-electron chi connectivity index (χ2n) is 4.86. The smallest absolute Gasteiger partial charge is 0.0328 e. The molecule has 0 saturated heterocycles. The molecule has 1 nitrogen and oxygen atoms in total. The molecule has 0 amide bonds. The van der Waals surface area contributed by atoms with Crippen LogP contribution in [0.15, 0.2) is 24.3 Å². The predicted octanol–water partition coefficient (Wildman–Crippen LogP) is 4.01. The molecule has 1 aromatic carbocycles. The zero-order valence-corrected chi connectivity index (χ0v) is 10.5. The minimum absolute atomic E-state index is 0.604. The molecule has 2 atom stereocenters. The van der Waals surface area contributed by atoms with Gasteiger partial charge in [-0.15, -0.1) is 0 Å². The van der Waals surface area contributed by atoms with Gasteiger partial charge in [-0.05, 0) is 42.9 Å². The normalized spacial score (nSPS) is 23.4. The molecule has 0 radical (unpaired) electrons. The van der Waals surface area contributed by atoms with E-state index in [1.54, 1.807) is 11.1 Å². The van der Waals surface area contributed by atoms with Crippen LogP contribution >= 0.6 is 0 Å². The van der Waals surface area contributed by atoms with Crippen molar-refractivity contribution in [1.29, 1.82) is 0 Å². The van der Waals surface area contributed by atoms with Gasteiger partial charge < -0.3 is 5.32 Å². The highest BCUT2D eigenvalue weighted by atomic mass is 14.9. The molecule has 1 aliphatic carbocycles. The van der Waals surface area contributed by atoms with Crippen molar-refractivity contribution in [1.82, 2.24) is 5.32 Å². The van der Waals surface area contributed by atoms with Gasteiger partial charge in [-0.2, -0.15) is 0 Å². The second kappa shape index (κ2) is 5.49. The monoisotopic (exact) mass is 217 g/mol. The van der Waals surface area contributed by atoms with Gasteiger partial charge >= 0.3 is 0 Å². The van der Waals surface area contributed by atoms with Crippen LogP contribution in [-0.2, 0) is 0 Å². The number of hydrogen-bond acceptors (Lipinski definition) is 1. The van der Waals surface area contributed by atoms with Crippen molar-refractivity contribution in [3.63, 3.8) is 0 Å². The number of hydrogen-bond donors (Lipinski definition) is 1.